The second-order valence-electron chi connectivity index (χ2n) is 5.31. The van der Waals surface area contributed by atoms with Crippen molar-refractivity contribution in [3.63, 3.8) is 0 Å². The maximum Gasteiger partial charge on any atom is 0.251 e. The van der Waals surface area contributed by atoms with Crippen LogP contribution in [0, 0.1) is 9.39 Å². The van der Waals surface area contributed by atoms with Crippen molar-refractivity contribution in [3.05, 3.63) is 63.5 Å². The standard InChI is InChI=1S/C17H14FIN2O2/c18-12-3-1-11(2-4-12)10-20-15-9-16(22)21(17(15)23)14-7-5-13(19)6-8-14/h1-8,15,20H,9-10H2. The summed E-state index contributed by atoms with van der Waals surface area (Å²) in [6.07, 6.45) is 0.131. The Balaban J connectivity index is 1.68. The van der Waals surface area contributed by atoms with Crippen LogP contribution in [0.2, 0.25) is 0 Å². The second-order valence-corrected chi connectivity index (χ2v) is 6.55. The van der Waals surface area contributed by atoms with E-state index in [2.05, 4.69) is 27.9 Å². The molecule has 0 spiro atoms. The highest BCUT2D eigenvalue weighted by Gasteiger charge is 2.39. The molecule has 23 heavy (non-hydrogen) atoms. The maximum atomic E-state index is 12.9. The Morgan fingerprint density at radius 3 is 2.39 bits per heavy atom. The second kappa shape index (κ2) is 6.76. The number of benzene rings is 2. The molecule has 0 radical (unpaired) electrons. The first kappa shape index (κ1) is 16.1. The van der Waals surface area contributed by atoms with Crippen LogP contribution < -0.4 is 10.2 Å². The summed E-state index contributed by atoms with van der Waals surface area (Å²) in [4.78, 5) is 25.8. The van der Waals surface area contributed by atoms with Gasteiger partial charge >= 0.3 is 0 Å². The summed E-state index contributed by atoms with van der Waals surface area (Å²) >= 11 is 2.17. The minimum Gasteiger partial charge on any atom is -0.301 e. The molecule has 1 aliphatic heterocycles. The Hall–Kier alpha value is -1.80. The smallest absolute Gasteiger partial charge is 0.251 e. The van der Waals surface area contributed by atoms with Crippen molar-refractivity contribution in [1.29, 1.82) is 0 Å². The molecule has 4 nitrogen and oxygen atoms in total. The lowest BCUT2D eigenvalue weighted by Crippen LogP contribution is -2.38. The van der Waals surface area contributed by atoms with Gasteiger partial charge in [-0.15, -0.1) is 0 Å². The summed E-state index contributed by atoms with van der Waals surface area (Å²) in [6, 6.07) is 12.7. The molecule has 1 aliphatic rings. The SMILES string of the molecule is O=C1CC(NCc2ccc(F)cc2)C(=O)N1c1ccc(I)cc1. The molecule has 1 unspecified atom stereocenters. The van der Waals surface area contributed by atoms with Crippen LogP contribution in [0.25, 0.3) is 0 Å². The summed E-state index contributed by atoms with van der Waals surface area (Å²) in [5, 5.41) is 3.07. The van der Waals surface area contributed by atoms with Gasteiger partial charge in [-0.25, -0.2) is 9.29 Å². The first-order valence-corrected chi connectivity index (χ1v) is 8.22. The fraction of sp³-hybridized carbons (Fsp3) is 0.176. The number of carbonyl (C=O) groups excluding carboxylic acids is 2. The normalized spacial score (nSPS) is 17.8. The van der Waals surface area contributed by atoms with Crippen LogP contribution in [0.15, 0.2) is 48.5 Å². The van der Waals surface area contributed by atoms with Crippen LogP contribution in [0.1, 0.15) is 12.0 Å². The summed E-state index contributed by atoms with van der Waals surface area (Å²) in [5.74, 6) is -0.767. The summed E-state index contributed by atoms with van der Waals surface area (Å²) < 4.78 is 13.9. The molecule has 1 atom stereocenters. The van der Waals surface area contributed by atoms with E-state index in [4.69, 9.17) is 0 Å². The molecule has 2 aromatic carbocycles. The van der Waals surface area contributed by atoms with E-state index in [-0.39, 0.29) is 24.1 Å². The Labute approximate surface area is 146 Å². The maximum absolute atomic E-state index is 12.9. The van der Waals surface area contributed by atoms with Crippen LogP contribution in [0.4, 0.5) is 10.1 Å². The predicted octanol–water partition coefficient (Wildman–Crippen LogP) is 2.85. The highest BCUT2D eigenvalue weighted by Crippen LogP contribution is 2.23. The van der Waals surface area contributed by atoms with Gasteiger partial charge < -0.3 is 5.32 Å². The Kier molecular flexibility index (Phi) is 4.72. The molecule has 3 rings (SSSR count). The van der Waals surface area contributed by atoms with Crippen molar-refractivity contribution in [2.45, 2.75) is 19.0 Å². The number of halogens is 2. The van der Waals surface area contributed by atoms with Crippen molar-refractivity contribution in [2.24, 2.45) is 0 Å². The number of nitrogens with zero attached hydrogens (tertiary/aromatic N) is 1. The van der Waals surface area contributed by atoms with Crippen molar-refractivity contribution >= 4 is 40.1 Å². The van der Waals surface area contributed by atoms with Crippen molar-refractivity contribution < 1.29 is 14.0 Å². The molecule has 1 fully saturated rings. The number of hydrogen-bond acceptors (Lipinski definition) is 3. The Morgan fingerprint density at radius 2 is 1.74 bits per heavy atom. The van der Waals surface area contributed by atoms with Crippen LogP contribution in [-0.2, 0) is 16.1 Å². The van der Waals surface area contributed by atoms with Gasteiger partial charge in [0.15, 0.2) is 0 Å². The lowest BCUT2D eigenvalue weighted by molar-refractivity contribution is -0.121. The van der Waals surface area contributed by atoms with Crippen molar-refractivity contribution in [3.8, 4) is 0 Å². The van der Waals surface area contributed by atoms with Crippen molar-refractivity contribution in [1.82, 2.24) is 5.32 Å². The molecule has 0 bridgehead atoms. The van der Waals surface area contributed by atoms with E-state index in [1.165, 1.54) is 17.0 Å². The van der Waals surface area contributed by atoms with Gasteiger partial charge in [-0.3, -0.25) is 9.59 Å². The monoisotopic (exact) mass is 424 g/mol. The number of rotatable bonds is 4. The fourth-order valence-corrected chi connectivity index (χ4v) is 2.86. The molecule has 0 aromatic heterocycles. The number of nitrogens with one attached hydrogen (secondary N) is 1. The minimum atomic E-state index is -0.549. The molecular weight excluding hydrogens is 410 g/mol. The van der Waals surface area contributed by atoms with Gasteiger partial charge in [0, 0.05) is 10.1 Å². The first-order chi connectivity index (χ1) is 11.0. The number of imide groups is 1. The molecule has 6 heteroatoms. The molecule has 1 heterocycles. The van der Waals surface area contributed by atoms with Gasteiger partial charge in [0.25, 0.3) is 5.91 Å². The Morgan fingerprint density at radius 1 is 1.09 bits per heavy atom. The van der Waals surface area contributed by atoms with Crippen LogP contribution >= 0.6 is 22.6 Å². The lowest BCUT2D eigenvalue weighted by Gasteiger charge is -2.15. The predicted molar refractivity (Wildman–Crippen MR) is 93.3 cm³/mol. The third kappa shape index (κ3) is 3.59. The molecule has 1 N–H and O–H groups in total. The van der Waals surface area contributed by atoms with Gasteiger partial charge in [0.05, 0.1) is 18.2 Å². The van der Waals surface area contributed by atoms with Crippen LogP contribution in [0.5, 0.6) is 0 Å². The Bertz CT molecular complexity index is 731. The van der Waals surface area contributed by atoms with E-state index in [1.807, 2.05) is 12.1 Å². The summed E-state index contributed by atoms with van der Waals surface area (Å²) in [7, 11) is 0. The molecule has 0 saturated carbocycles. The zero-order chi connectivity index (χ0) is 16.4. The first-order valence-electron chi connectivity index (χ1n) is 7.15. The average Bonchev–Trinajstić information content (AvgIpc) is 2.82. The summed E-state index contributed by atoms with van der Waals surface area (Å²) in [5.41, 5.74) is 1.45. The number of anilines is 1. The topological polar surface area (TPSA) is 49.4 Å². The number of amides is 2. The van der Waals surface area contributed by atoms with Gasteiger partial charge in [-0.05, 0) is 64.6 Å². The van der Waals surface area contributed by atoms with Crippen molar-refractivity contribution in [2.75, 3.05) is 4.90 Å². The minimum absolute atomic E-state index is 0.131. The molecule has 0 aliphatic carbocycles. The van der Waals surface area contributed by atoms with E-state index < -0.39 is 6.04 Å². The molecular formula is C17H14FIN2O2. The van der Waals surface area contributed by atoms with Crippen LogP contribution in [0.3, 0.4) is 0 Å². The molecule has 118 valence electrons. The zero-order valence-electron chi connectivity index (χ0n) is 12.1. The third-order valence-corrected chi connectivity index (χ3v) is 4.42. The largest absolute Gasteiger partial charge is 0.301 e. The van der Waals surface area contributed by atoms with Gasteiger partial charge in [-0.1, -0.05) is 12.1 Å². The quantitative estimate of drug-likeness (QED) is 0.607. The zero-order valence-corrected chi connectivity index (χ0v) is 14.3. The van der Waals surface area contributed by atoms with Gasteiger partial charge in [-0.2, -0.15) is 0 Å². The van der Waals surface area contributed by atoms with Crippen LogP contribution in [-0.4, -0.2) is 17.9 Å². The van der Waals surface area contributed by atoms with E-state index in [9.17, 15) is 14.0 Å². The van der Waals surface area contributed by atoms with Gasteiger partial charge in [0.1, 0.15) is 5.82 Å². The third-order valence-electron chi connectivity index (χ3n) is 3.70. The van der Waals surface area contributed by atoms with E-state index >= 15 is 0 Å². The highest BCUT2D eigenvalue weighted by molar-refractivity contribution is 14.1. The highest BCUT2D eigenvalue weighted by atomic mass is 127. The molecule has 1 saturated heterocycles. The molecule has 2 amide bonds. The number of carbonyl (C=O) groups is 2. The summed E-state index contributed by atoms with van der Waals surface area (Å²) in [6.45, 7) is 0.407. The van der Waals surface area contributed by atoms with E-state index in [1.54, 1.807) is 24.3 Å². The van der Waals surface area contributed by atoms with E-state index in [0.717, 1.165) is 9.13 Å². The number of hydrogen-bond donors (Lipinski definition) is 1. The van der Waals surface area contributed by atoms with E-state index in [0.29, 0.717) is 12.2 Å². The fourth-order valence-electron chi connectivity index (χ4n) is 2.50. The average molecular weight is 424 g/mol. The van der Waals surface area contributed by atoms with Gasteiger partial charge in [0.2, 0.25) is 5.91 Å². The molecule has 2 aromatic rings. The lowest BCUT2D eigenvalue weighted by atomic mass is 10.2.